The predicted molar refractivity (Wildman–Crippen MR) is 175 cm³/mol. The first-order valence-electron chi connectivity index (χ1n) is 15.7. The van der Waals surface area contributed by atoms with Gasteiger partial charge in [-0.3, -0.25) is 14.5 Å². The van der Waals surface area contributed by atoms with Gasteiger partial charge in [0.1, 0.15) is 17.5 Å². The number of rotatable bonds is 14. The number of hydrogen-bond donors (Lipinski definition) is 1. The second-order valence-electron chi connectivity index (χ2n) is 11.2. The molecule has 1 N–H and O–H groups in total. The maximum Gasteiger partial charge on any atom is 0.261 e. The van der Waals surface area contributed by atoms with Crippen molar-refractivity contribution in [3.63, 3.8) is 0 Å². The molecule has 0 radical (unpaired) electrons. The minimum Gasteiger partial charge on any atom is -0.497 e. The average Bonchev–Trinajstić information content (AvgIpc) is 3.12. The van der Waals surface area contributed by atoms with Gasteiger partial charge < -0.3 is 29.2 Å². The number of morpholine rings is 2. The minimum absolute atomic E-state index is 0.136. The van der Waals surface area contributed by atoms with E-state index in [2.05, 4.69) is 10.2 Å². The first-order valence-corrected chi connectivity index (χ1v) is 17.1. The van der Waals surface area contributed by atoms with Crippen LogP contribution in [0.3, 0.4) is 0 Å². The van der Waals surface area contributed by atoms with Crippen LogP contribution in [-0.2, 0) is 35.6 Å². The molecule has 2 saturated heterocycles. The molecular formula is C34H42N4O8S. The predicted octanol–water partition coefficient (Wildman–Crippen LogP) is 2.31. The number of benzene rings is 3. The monoisotopic (exact) mass is 666 g/mol. The van der Waals surface area contributed by atoms with Gasteiger partial charge in [-0.05, 0) is 47.5 Å². The summed E-state index contributed by atoms with van der Waals surface area (Å²) < 4.78 is 49.3. The molecule has 3 aromatic rings. The molecule has 0 spiro atoms. The van der Waals surface area contributed by atoms with Crippen molar-refractivity contribution in [2.24, 2.45) is 0 Å². The van der Waals surface area contributed by atoms with E-state index in [0.29, 0.717) is 69.7 Å². The lowest BCUT2D eigenvalue weighted by Gasteiger charge is -2.32. The summed E-state index contributed by atoms with van der Waals surface area (Å²) in [5, 5.41) is 3.04. The van der Waals surface area contributed by atoms with Crippen LogP contribution in [-0.4, -0.2) is 114 Å². The zero-order valence-electron chi connectivity index (χ0n) is 26.6. The Morgan fingerprint density at radius 3 is 2.11 bits per heavy atom. The Morgan fingerprint density at radius 1 is 0.851 bits per heavy atom. The Morgan fingerprint density at radius 2 is 1.47 bits per heavy atom. The molecule has 5 rings (SSSR count). The number of sulfonamides is 1. The van der Waals surface area contributed by atoms with E-state index >= 15 is 0 Å². The van der Waals surface area contributed by atoms with E-state index in [0.717, 1.165) is 18.7 Å². The van der Waals surface area contributed by atoms with Gasteiger partial charge in [0.05, 0.1) is 38.4 Å². The van der Waals surface area contributed by atoms with Gasteiger partial charge >= 0.3 is 0 Å². The zero-order valence-corrected chi connectivity index (χ0v) is 27.4. The number of methoxy groups -OCH3 is 1. The molecule has 2 heterocycles. The first-order chi connectivity index (χ1) is 22.8. The van der Waals surface area contributed by atoms with Gasteiger partial charge in [0, 0.05) is 45.8 Å². The topological polar surface area (TPSA) is 127 Å². The van der Waals surface area contributed by atoms with Gasteiger partial charge in [-0.25, -0.2) is 8.42 Å². The molecule has 0 aliphatic carbocycles. The number of carbonyl (C=O) groups is 2. The highest BCUT2D eigenvalue weighted by molar-refractivity contribution is 7.89. The highest BCUT2D eigenvalue weighted by Gasteiger charge is 2.32. The number of hydrogen-bond acceptors (Lipinski definition) is 9. The zero-order chi connectivity index (χ0) is 33.1. The quantitative estimate of drug-likeness (QED) is 0.276. The number of nitrogens with zero attached hydrogens (tertiary/aromatic N) is 3. The lowest BCUT2D eigenvalue weighted by Crippen LogP contribution is -2.47. The summed E-state index contributed by atoms with van der Waals surface area (Å²) in [7, 11) is -2.09. The van der Waals surface area contributed by atoms with E-state index in [-0.39, 0.29) is 24.0 Å². The molecule has 0 saturated carbocycles. The van der Waals surface area contributed by atoms with Gasteiger partial charge in [-0.2, -0.15) is 4.31 Å². The smallest absolute Gasteiger partial charge is 0.261 e. The van der Waals surface area contributed by atoms with Crippen molar-refractivity contribution in [3.8, 4) is 11.5 Å². The van der Waals surface area contributed by atoms with E-state index in [1.807, 2.05) is 42.5 Å². The van der Waals surface area contributed by atoms with Crippen LogP contribution < -0.4 is 14.8 Å². The summed E-state index contributed by atoms with van der Waals surface area (Å²) in [6.07, 6.45) is 0. The lowest BCUT2D eigenvalue weighted by atomic mass is 10.0. The Labute approximate surface area is 276 Å². The molecule has 2 aliphatic heterocycles. The maximum atomic E-state index is 14.0. The average molecular weight is 667 g/mol. The molecule has 1 atom stereocenters. The van der Waals surface area contributed by atoms with Crippen LogP contribution in [0, 0.1) is 0 Å². The highest BCUT2D eigenvalue weighted by Crippen LogP contribution is 2.26. The van der Waals surface area contributed by atoms with Crippen LogP contribution in [0.5, 0.6) is 11.5 Å². The molecule has 0 unspecified atom stereocenters. The van der Waals surface area contributed by atoms with Crippen LogP contribution in [0.4, 0.5) is 0 Å². The molecule has 0 bridgehead atoms. The number of ether oxygens (including phenoxy) is 4. The molecule has 13 heteroatoms. The van der Waals surface area contributed by atoms with Crippen molar-refractivity contribution >= 4 is 21.8 Å². The van der Waals surface area contributed by atoms with Crippen LogP contribution in [0.15, 0.2) is 83.8 Å². The Hall–Kier alpha value is -4.01. The van der Waals surface area contributed by atoms with Crippen LogP contribution in [0.2, 0.25) is 0 Å². The largest absolute Gasteiger partial charge is 0.497 e. The van der Waals surface area contributed by atoms with Gasteiger partial charge in [-0.1, -0.05) is 42.5 Å². The first kappa shape index (κ1) is 34.3. The third-order valence-electron chi connectivity index (χ3n) is 8.13. The Bertz CT molecular complexity index is 1540. The highest BCUT2D eigenvalue weighted by atomic mass is 32.2. The van der Waals surface area contributed by atoms with Crippen molar-refractivity contribution in [1.82, 2.24) is 19.4 Å². The summed E-state index contributed by atoms with van der Waals surface area (Å²) in [6.45, 7) is 5.09. The molecule has 2 aliphatic rings. The number of nitrogens with one attached hydrogen (secondary N) is 1. The summed E-state index contributed by atoms with van der Waals surface area (Å²) in [6, 6.07) is 21.6. The second-order valence-corrected chi connectivity index (χ2v) is 13.1. The molecule has 252 valence electrons. The molecule has 2 fully saturated rings. The van der Waals surface area contributed by atoms with E-state index < -0.39 is 22.0 Å². The normalized spacial score (nSPS) is 16.6. The Kier molecular flexibility index (Phi) is 12.2. The van der Waals surface area contributed by atoms with E-state index in [1.165, 1.54) is 33.5 Å². The standard InChI is InChI=1S/C34H42N4O8S/c1-43-29-9-7-27(8-10-29)25-38(33(28-5-3-2-4-6-28)34(40)35-15-16-36-17-21-44-22-18-36)32(39)26-46-30-11-13-31(14-12-30)47(41,42)37-19-23-45-24-20-37/h2-14,33H,15-26H2,1H3,(H,35,40)/t33-/m0/s1. The van der Waals surface area contributed by atoms with Gasteiger partial charge in [0.25, 0.3) is 5.91 Å². The maximum absolute atomic E-state index is 14.0. The molecule has 2 amide bonds. The van der Waals surface area contributed by atoms with Crippen molar-refractivity contribution in [3.05, 3.63) is 90.0 Å². The molecule has 47 heavy (non-hydrogen) atoms. The summed E-state index contributed by atoms with van der Waals surface area (Å²) in [5.74, 6) is 0.288. The molecular weight excluding hydrogens is 624 g/mol. The lowest BCUT2D eigenvalue weighted by molar-refractivity contribution is -0.143. The molecule has 12 nitrogen and oxygen atoms in total. The Balaban J connectivity index is 1.33. The van der Waals surface area contributed by atoms with Crippen molar-refractivity contribution in [1.29, 1.82) is 0 Å². The fraction of sp³-hybridized carbons (Fsp3) is 0.412. The van der Waals surface area contributed by atoms with Gasteiger partial charge in [-0.15, -0.1) is 0 Å². The third kappa shape index (κ3) is 9.30. The van der Waals surface area contributed by atoms with Crippen molar-refractivity contribution in [2.75, 3.05) is 79.4 Å². The van der Waals surface area contributed by atoms with Crippen LogP contribution in [0.25, 0.3) is 0 Å². The van der Waals surface area contributed by atoms with Crippen LogP contribution >= 0.6 is 0 Å². The number of amides is 2. The van der Waals surface area contributed by atoms with Crippen molar-refractivity contribution < 1.29 is 37.0 Å². The summed E-state index contributed by atoms with van der Waals surface area (Å²) >= 11 is 0. The van der Waals surface area contributed by atoms with E-state index in [1.54, 1.807) is 19.2 Å². The third-order valence-corrected chi connectivity index (χ3v) is 10.0. The van der Waals surface area contributed by atoms with Crippen molar-refractivity contribution in [2.45, 2.75) is 17.5 Å². The van der Waals surface area contributed by atoms with Gasteiger partial charge in [0.2, 0.25) is 15.9 Å². The fourth-order valence-corrected chi connectivity index (χ4v) is 6.90. The van der Waals surface area contributed by atoms with E-state index in [4.69, 9.17) is 18.9 Å². The summed E-state index contributed by atoms with van der Waals surface area (Å²) in [5.41, 5.74) is 1.47. The van der Waals surface area contributed by atoms with E-state index in [9.17, 15) is 18.0 Å². The molecule has 0 aromatic heterocycles. The minimum atomic E-state index is -3.67. The van der Waals surface area contributed by atoms with Crippen LogP contribution in [0.1, 0.15) is 17.2 Å². The number of carbonyl (C=O) groups excluding carboxylic acids is 2. The fourth-order valence-electron chi connectivity index (χ4n) is 5.49. The SMILES string of the molecule is COc1ccc(CN(C(=O)COc2ccc(S(=O)(=O)N3CCOCC3)cc2)[C@H](C(=O)NCCN2CCOCC2)c2ccccc2)cc1. The second kappa shape index (κ2) is 16.7. The molecule has 3 aromatic carbocycles. The summed E-state index contributed by atoms with van der Waals surface area (Å²) in [4.78, 5) is 31.7. The van der Waals surface area contributed by atoms with Gasteiger partial charge in [0.15, 0.2) is 6.61 Å².